The quantitative estimate of drug-likeness (QED) is 0.749. The minimum atomic E-state index is -3.60. The number of ketones is 1. The minimum Gasteiger partial charge on any atom is -0.342 e. The Bertz CT molecular complexity index is 409. The number of hydrogen-bond acceptors (Lipinski definition) is 4. The highest BCUT2D eigenvalue weighted by molar-refractivity contribution is 7.92. The summed E-state index contributed by atoms with van der Waals surface area (Å²) in [5.41, 5.74) is 0. The van der Waals surface area contributed by atoms with E-state index in [0.717, 1.165) is 38.5 Å². The highest BCUT2D eigenvalue weighted by Gasteiger charge is 2.30. The SMILES string of the molecule is O=C(CS(=O)(=O)CC(=O)N1CCCC1)C1CCCC1. The first-order valence-electron chi connectivity index (χ1n) is 6.99. The molecular formula is C13H21NO4S. The third-order valence-corrected chi connectivity index (χ3v) is 5.39. The maximum absolute atomic E-state index is 11.9. The fraction of sp³-hybridized carbons (Fsp3) is 0.846. The molecule has 108 valence electrons. The number of rotatable bonds is 5. The predicted octanol–water partition coefficient (Wildman–Crippen LogP) is 0.783. The van der Waals surface area contributed by atoms with Gasteiger partial charge in [-0.15, -0.1) is 0 Å². The Labute approximate surface area is 114 Å². The largest absolute Gasteiger partial charge is 0.342 e. The lowest BCUT2D eigenvalue weighted by molar-refractivity contribution is -0.127. The molecule has 2 fully saturated rings. The van der Waals surface area contributed by atoms with Gasteiger partial charge in [-0.1, -0.05) is 12.8 Å². The molecule has 0 aromatic carbocycles. The van der Waals surface area contributed by atoms with Crippen LogP contribution in [0.5, 0.6) is 0 Å². The topological polar surface area (TPSA) is 71.5 Å². The van der Waals surface area contributed by atoms with E-state index in [9.17, 15) is 18.0 Å². The number of hydrogen-bond donors (Lipinski definition) is 0. The normalized spacial score (nSPS) is 20.9. The summed E-state index contributed by atoms with van der Waals surface area (Å²) in [6, 6.07) is 0. The monoisotopic (exact) mass is 287 g/mol. The molecule has 6 heteroatoms. The molecular weight excluding hydrogens is 266 g/mol. The summed E-state index contributed by atoms with van der Waals surface area (Å²) in [7, 11) is -3.60. The standard InChI is InChI=1S/C13H21NO4S/c15-12(11-5-1-2-6-11)9-19(17,18)10-13(16)14-7-3-4-8-14/h11H,1-10H2. The predicted molar refractivity (Wildman–Crippen MR) is 71.4 cm³/mol. The summed E-state index contributed by atoms with van der Waals surface area (Å²) in [4.78, 5) is 25.2. The van der Waals surface area contributed by atoms with Crippen molar-refractivity contribution in [1.29, 1.82) is 0 Å². The number of Topliss-reactive ketones (excluding diaryl/α,β-unsaturated/α-hetero) is 1. The van der Waals surface area contributed by atoms with Gasteiger partial charge in [0.15, 0.2) is 15.6 Å². The Balaban J connectivity index is 1.87. The molecule has 0 aromatic rings. The molecule has 19 heavy (non-hydrogen) atoms. The van der Waals surface area contributed by atoms with Gasteiger partial charge >= 0.3 is 0 Å². The molecule has 1 amide bonds. The van der Waals surface area contributed by atoms with Crippen LogP contribution in [0.3, 0.4) is 0 Å². The molecule has 0 atom stereocenters. The van der Waals surface area contributed by atoms with Crippen LogP contribution in [0.15, 0.2) is 0 Å². The number of carbonyl (C=O) groups is 2. The zero-order valence-corrected chi connectivity index (χ0v) is 12.0. The first-order valence-corrected chi connectivity index (χ1v) is 8.81. The van der Waals surface area contributed by atoms with Gasteiger partial charge in [0.25, 0.3) is 0 Å². The van der Waals surface area contributed by atoms with E-state index >= 15 is 0 Å². The second kappa shape index (κ2) is 6.03. The number of amides is 1. The summed E-state index contributed by atoms with van der Waals surface area (Å²) in [5, 5.41) is 0. The van der Waals surface area contributed by atoms with Crippen LogP contribution in [0.25, 0.3) is 0 Å². The lowest BCUT2D eigenvalue weighted by Gasteiger charge is -2.15. The van der Waals surface area contributed by atoms with Gasteiger partial charge < -0.3 is 4.90 Å². The van der Waals surface area contributed by atoms with Gasteiger partial charge in [-0.05, 0) is 25.7 Å². The lowest BCUT2D eigenvalue weighted by atomic mass is 10.0. The molecule has 1 saturated carbocycles. The van der Waals surface area contributed by atoms with E-state index < -0.39 is 21.3 Å². The summed E-state index contributed by atoms with van der Waals surface area (Å²) < 4.78 is 23.8. The van der Waals surface area contributed by atoms with Crippen LogP contribution in [0.4, 0.5) is 0 Å². The molecule has 1 aliphatic carbocycles. The van der Waals surface area contributed by atoms with Crippen molar-refractivity contribution in [3.8, 4) is 0 Å². The fourth-order valence-electron chi connectivity index (χ4n) is 2.88. The van der Waals surface area contributed by atoms with E-state index in [4.69, 9.17) is 0 Å². The average molecular weight is 287 g/mol. The molecule has 5 nitrogen and oxygen atoms in total. The smallest absolute Gasteiger partial charge is 0.237 e. The van der Waals surface area contributed by atoms with E-state index in [1.165, 1.54) is 0 Å². The van der Waals surface area contributed by atoms with Crippen LogP contribution in [-0.2, 0) is 19.4 Å². The highest BCUT2D eigenvalue weighted by Crippen LogP contribution is 2.25. The molecule has 0 unspecified atom stereocenters. The lowest BCUT2D eigenvalue weighted by Crippen LogP contribution is -2.35. The second-order valence-electron chi connectivity index (χ2n) is 5.57. The Morgan fingerprint density at radius 3 is 2.11 bits per heavy atom. The van der Waals surface area contributed by atoms with Gasteiger partial charge in [0.2, 0.25) is 5.91 Å². The van der Waals surface area contributed by atoms with Gasteiger partial charge in [-0.2, -0.15) is 0 Å². The molecule has 0 N–H and O–H groups in total. The average Bonchev–Trinajstić information content (AvgIpc) is 3.01. The van der Waals surface area contributed by atoms with Crippen molar-refractivity contribution < 1.29 is 18.0 Å². The third kappa shape index (κ3) is 4.03. The Morgan fingerprint density at radius 2 is 1.53 bits per heavy atom. The van der Waals surface area contributed by atoms with Crippen LogP contribution in [0.2, 0.25) is 0 Å². The van der Waals surface area contributed by atoms with Crippen molar-refractivity contribution in [2.45, 2.75) is 38.5 Å². The van der Waals surface area contributed by atoms with E-state index in [0.29, 0.717) is 13.1 Å². The first kappa shape index (κ1) is 14.5. The molecule has 1 aliphatic heterocycles. The van der Waals surface area contributed by atoms with Gasteiger partial charge in [0.05, 0.1) is 0 Å². The first-order chi connectivity index (χ1) is 8.98. The molecule has 1 saturated heterocycles. The van der Waals surface area contributed by atoms with Crippen molar-refractivity contribution >= 4 is 21.5 Å². The van der Waals surface area contributed by atoms with Crippen LogP contribution in [-0.4, -0.2) is 49.6 Å². The molecule has 0 spiro atoms. The van der Waals surface area contributed by atoms with Crippen molar-refractivity contribution in [2.75, 3.05) is 24.6 Å². The number of carbonyl (C=O) groups excluding carboxylic acids is 2. The van der Waals surface area contributed by atoms with Crippen molar-refractivity contribution in [3.05, 3.63) is 0 Å². The zero-order valence-electron chi connectivity index (χ0n) is 11.1. The van der Waals surface area contributed by atoms with Crippen LogP contribution < -0.4 is 0 Å². The van der Waals surface area contributed by atoms with Crippen molar-refractivity contribution in [2.24, 2.45) is 5.92 Å². The molecule has 1 heterocycles. The van der Waals surface area contributed by atoms with Crippen LogP contribution in [0, 0.1) is 5.92 Å². The Hall–Kier alpha value is -0.910. The molecule has 0 aromatic heterocycles. The second-order valence-corrected chi connectivity index (χ2v) is 7.63. The van der Waals surface area contributed by atoms with E-state index in [2.05, 4.69) is 0 Å². The van der Waals surface area contributed by atoms with Crippen LogP contribution >= 0.6 is 0 Å². The van der Waals surface area contributed by atoms with Crippen molar-refractivity contribution in [3.63, 3.8) is 0 Å². The number of nitrogens with zero attached hydrogens (tertiary/aromatic N) is 1. The zero-order chi connectivity index (χ0) is 13.9. The fourth-order valence-corrected chi connectivity index (χ4v) is 4.21. The van der Waals surface area contributed by atoms with Gasteiger partial charge in [-0.25, -0.2) is 8.42 Å². The van der Waals surface area contributed by atoms with Crippen molar-refractivity contribution in [1.82, 2.24) is 4.90 Å². The maximum atomic E-state index is 11.9. The summed E-state index contributed by atoms with van der Waals surface area (Å²) in [6.07, 6.45) is 5.48. The summed E-state index contributed by atoms with van der Waals surface area (Å²) in [5.74, 6) is -1.62. The molecule has 2 aliphatic rings. The van der Waals surface area contributed by atoms with E-state index in [-0.39, 0.29) is 17.6 Å². The van der Waals surface area contributed by atoms with E-state index in [1.807, 2.05) is 0 Å². The minimum absolute atomic E-state index is 0.100. The Morgan fingerprint density at radius 1 is 0.947 bits per heavy atom. The Kier molecular flexibility index (Phi) is 4.60. The van der Waals surface area contributed by atoms with Gasteiger partial charge in [-0.3, -0.25) is 9.59 Å². The maximum Gasteiger partial charge on any atom is 0.237 e. The van der Waals surface area contributed by atoms with Gasteiger partial charge in [0.1, 0.15) is 11.5 Å². The third-order valence-electron chi connectivity index (χ3n) is 3.97. The number of sulfone groups is 1. The molecule has 0 radical (unpaired) electrons. The summed E-state index contributed by atoms with van der Waals surface area (Å²) in [6.45, 7) is 1.29. The molecule has 2 rings (SSSR count). The van der Waals surface area contributed by atoms with Crippen LogP contribution in [0.1, 0.15) is 38.5 Å². The summed E-state index contributed by atoms with van der Waals surface area (Å²) >= 11 is 0. The molecule has 0 bridgehead atoms. The van der Waals surface area contributed by atoms with E-state index in [1.54, 1.807) is 4.90 Å². The number of likely N-dealkylation sites (tertiary alicyclic amines) is 1. The van der Waals surface area contributed by atoms with Gasteiger partial charge in [0, 0.05) is 19.0 Å². The highest BCUT2D eigenvalue weighted by atomic mass is 32.2.